The Balaban J connectivity index is 2.13. The molecular weight excluding hydrogens is 262 g/mol. The summed E-state index contributed by atoms with van der Waals surface area (Å²) in [5.41, 5.74) is 0. The van der Waals surface area contributed by atoms with Crippen LogP contribution in [-0.2, 0) is 12.8 Å². The third-order valence-electron chi connectivity index (χ3n) is 4.08. The quantitative estimate of drug-likeness (QED) is 0.496. The summed E-state index contributed by atoms with van der Waals surface area (Å²) in [6.07, 6.45) is 13.5. The molecule has 0 radical (unpaired) electrons. The molecule has 0 saturated carbocycles. The average Bonchev–Trinajstić information content (AvgIpc) is 2.92. The third kappa shape index (κ3) is 7.44. The molecule has 0 fully saturated rings. The van der Waals surface area contributed by atoms with Gasteiger partial charge in [0.1, 0.15) is 0 Å². The molecule has 1 unspecified atom stereocenters. The standard InChI is InChI=1S/C18H33NS/c1-4-6-7-8-9-10-11-12-16(19-3)15-18-14-13-17(5-2)20-18/h13-14,16,19H,4-12,15H2,1-3H3. The minimum absolute atomic E-state index is 0.661. The van der Waals surface area contributed by atoms with Crippen LogP contribution in [0.5, 0.6) is 0 Å². The molecule has 0 bridgehead atoms. The second-order valence-electron chi connectivity index (χ2n) is 5.82. The Kier molecular flexibility index (Phi) is 10.0. The molecule has 1 nitrogen and oxygen atoms in total. The molecule has 2 heteroatoms. The van der Waals surface area contributed by atoms with Gasteiger partial charge in [0, 0.05) is 15.8 Å². The molecule has 1 aromatic rings. The fourth-order valence-electron chi connectivity index (χ4n) is 2.66. The van der Waals surface area contributed by atoms with Crippen molar-refractivity contribution >= 4 is 11.3 Å². The summed E-state index contributed by atoms with van der Waals surface area (Å²) in [5.74, 6) is 0. The van der Waals surface area contributed by atoms with Crippen molar-refractivity contribution in [3.8, 4) is 0 Å². The van der Waals surface area contributed by atoms with Crippen molar-refractivity contribution in [3.05, 3.63) is 21.9 Å². The van der Waals surface area contributed by atoms with Gasteiger partial charge < -0.3 is 5.32 Å². The van der Waals surface area contributed by atoms with E-state index in [1.165, 1.54) is 69.1 Å². The van der Waals surface area contributed by atoms with E-state index in [0.717, 1.165) is 0 Å². The van der Waals surface area contributed by atoms with Crippen LogP contribution in [0.1, 0.15) is 75.0 Å². The van der Waals surface area contributed by atoms with Gasteiger partial charge in [-0.3, -0.25) is 0 Å². The van der Waals surface area contributed by atoms with Gasteiger partial charge in [-0.15, -0.1) is 11.3 Å². The summed E-state index contributed by atoms with van der Waals surface area (Å²) in [5, 5.41) is 3.50. The topological polar surface area (TPSA) is 12.0 Å². The third-order valence-corrected chi connectivity index (χ3v) is 5.33. The van der Waals surface area contributed by atoms with Crippen LogP contribution in [0.4, 0.5) is 0 Å². The van der Waals surface area contributed by atoms with Gasteiger partial charge in [-0.25, -0.2) is 0 Å². The van der Waals surface area contributed by atoms with Gasteiger partial charge in [0.25, 0.3) is 0 Å². The predicted octanol–water partition coefficient (Wildman–Crippen LogP) is 5.58. The first-order chi connectivity index (χ1) is 9.80. The van der Waals surface area contributed by atoms with Crippen LogP contribution >= 0.6 is 11.3 Å². The van der Waals surface area contributed by atoms with E-state index in [4.69, 9.17) is 0 Å². The Morgan fingerprint density at radius 3 is 2.20 bits per heavy atom. The SMILES string of the molecule is CCCCCCCCCC(Cc1ccc(CC)s1)NC. The highest BCUT2D eigenvalue weighted by atomic mass is 32.1. The first-order valence-electron chi connectivity index (χ1n) is 8.55. The number of hydrogen-bond acceptors (Lipinski definition) is 2. The van der Waals surface area contributed by atoms with E-state index in [1.807, 2.05) is 11.3 Å². The number of nitrogens with one attached hydrogen (secondary N) is 1. The second kappa shape index (κ2) is 11.3. The highest BCUT2D eigenvalue weighted by molar-refractivity contribution is 7.11. The molecule has 0 aliphatic carbocycles. The van der Waals surface area contributed by atoms with Gasteiger partial charge >= 0.3 is 0 Å². The molecule has 0 saturated heterocycles. The zero-order valence-corrected chi connectivity index (χ0v) is 14.5. The molecule has 0 spiro atoms. The van der Waals surface area contributed by atoms with Crippen LogP contribution in [-0.4, -0.2) is 13.1 Å². The monoisotopic (exact) mass is 295 g/mol. The highest BCUT2D eigenvalue weighted by Crippen LogP contribution is 2.20. The van der Waals surface area contributed by atoms with E-state index in [-0.39, 0.29) is 0 Å². The number of hydrogen-bond donors (Lipinski definition) is 1. The lowest BCUT2D eigenvalue weighted by Gasteiger charge is -2.15. The molecule has 0 amide bonds. The summed E-state index contributed by atoms with van der Waals surface area (Å²) >= 11 is 1.99. The largest absolute Gasteiger partial charge is 0.317 e. The van der Waals surface area contributed by atoms with Crippen LogP contribution in [0.15, 0.2) is 12.1 Å². The summed E-state index contributed by atoms with van der Waals surface area (Å²) in [7, 11) is 2.11. The van der Waals surface area contributed by atoms with Crippen molar-refractivity contribution in [3.63, 3.8) is 0 Å². The van der Waals surface area contributed by atoms with E-state index >= 15 is 0 Å². The van der Waals surface area contributed by atoms with Crippen molar-refractivity contribution in [2.75, 3.05) is 7.05 Å². The maximum atomic E-state index is 3.50. The van der Waals surface area contributed by atoms with Crippen molar-refractivity contribution < 1.29 is 0 Å². The highest BCUT2D eigenvalue weighted by Gasteiger charge is 2.08. The van der Waals surface area contributed by atoms with E-state index in [0.29, 0.717) is 6.04 Å². The Morgan fingerprint density at radius 1 is 0.950 bits per heavy atom. The maximum absolute atomic E-state index is 3.50. The minimum Gasteiger partial charge on any atom is -0.317 e. The van der Waals surface area contributed by atoms with Gasteiger partial charge in [0.15, 0.2) is 0 Å². The Morgan fingerprint density at radius 2 is 1.60 bits per heavy atom. The Labute approximate surface area is 130 Å². The maximum Gasteiger partial charge on any atom is 0.0112 e. The molecule has 1 heterocycles. The van der Waals surface area contributed by atoms with Crippen molar-refractivity contribution in [1.82, 2.24) is 5.32 Å². The fourth-order valence-corrected chi connectivity index (χ4v) is 3.70. The Bertz CT molecular complexity index is 332. The van der Waals surface area contributed by atoms with E-state index in [9.17, 15) is 0 Å². The zero-order chi connectivity index (χ0) is 14.6. The van der Waals surface area contributed by atoms with Gasteiger partial charge in [-0.05, 0) is 38.4 Å². The fraction of sp³-hybridized carbons (Fsp3) is 0.778. The molecule has 0 aliphatic heterocycles. The first kappa shape index (κ1) is 17.7. The molecule has 0 aliphatic rings. The summed E-state index contributed by atoms with van der Waals surface area (Å²) in [4.78, 5) is 3.06. The molecule has 1 rings (SSSR count). The molecule has 1 N–H and O–H groups in total. The van der Waals surface area contributed by atoms with Gasteiger partial charge in [-0.1, -0.05) is 58.8 Å². The summed E-state index contributed by atoms with van der Waals surface area (Å²) < 4.78 is 0. The smallest absolute Gasteiger partial charge is 0.0112 e. The van der Waals surface area contributed by atoms with E-state index in [2.05, 4.69) is 38.3 Å². The average molecular weight is 296 g/mol. The van der Waals surface area contributed by atoms with Crippen molar-refractivity contribution in [1.29, 1.82) is 0 Å². The summed E-state index contributed by atoms with van der Waals surface area (Å²) in [6.45, 7) is 4.52. The number of thiophene rings is 1. The Hall–Kier alpha value is -0.340. The number of rotatable bonds is 12. The normalized spacial score (nSPS) is 12.8. The molecule has 1 aromatic heterocycles. The van der Waals surface area contributed by atoms with Crippen LogP contribution in [0.25, 0.3) is 0 Å². The zero-order valence-electron chi connectivity index (χ0n) is 13.7. The van der Waals surface area contributed by atoms with Gasteiger partial charge in [0.2, 0.25) is 0 Å². The van der Waals surface area contributed by atoms with E-state index < -0.39 is 0 Å². The predicted molar refractivity (Wildman–Crippen MR) is 92.9 cm³/mol. The molecule has 116 valence electrons. The number of aryl methyl sites for hydroxylation is 1. The van der Waals surface area contributed by atoms with Gasteiger partial charge in [-0.2, -0.15) is 0 Å². The molecule has 1 atom stereocenters. The lowest BCUT2D eigenvalue weighted by molar-refractivity contribution is 0.480. The molecule has 20 heavy (non-hydrogen) atoms. The van der Waals surface area contributed by atoms with Gasteiger partial charge in [0.05, 0.1) is 0 Å². The summed E-state index contributed by atoms with van der Waals surface area (Å²) in [6, 6.07) is 5.27. The van der Waals surface area contributed by atoms with Crippen molar-refractivity contribution in [2.45, 2.75) is 84.1 Å². The molecular formula is C18H33NS. The van der Waals surface area contributed by atoms with Crippen molar-refractivity contribution in [2.24, 2.45) is 0 Å². The van der Waals surface area contributed by atoms with Crippen LogP contribution in [0, 0.1) is 0 Å². The lowest BCUT2D eigenvalue weighted by Crippen LogP contribution is -2.27. The van der Waals surface area contributed by atoms with E-state index in [1.54, 1.807) is 4.88 Å². The van der Waals surface area contributed by atoms with Crippen LogP contribution in [0.3, 0.4) is 0 Å². The number of unbranched alkanes of at least 4 members (excludes halogenated alkanes) is 6. The minimum atomic E-state index is 0.661. The van der Waals surface area contributed by atoms with Crippen LogP contribution in [0.2, 0.25) is 0 Å². The number of likely N-dealkylation sites (N-methyl/N-ethyl adjacent to an activating group) is 1. The second-order valence-corrected chi connectivity index (χ2v) is 7.07. The molecule has 0 aromatic carbocycles. The first-order valence-corrected chi connectivity index (χ1v) is 9.36. The lowest BCUT2D eigenvalue weighted by atomic mass is 10.0. The van der Waals surface area contributed by atoms with Crippen LogP contribution < -0.4 is 5.32 Å².